The van der Waals surface area contributed by atoms with Crippen molar-refractivity contribution in [2.24, 2.45) is 5.73 Å². The van der Waals surface area contributed by atoms with Gasteiger partial charge in [-0.05, 0) is 12.1 Å². The first-order valence-corrected chi connectivity index (χ1v) is 4.85. The molecule has 0 atom stereocenters. The van der Waals surface area contributed by atoms with E-state index in [9.17, 15) is 0 Å². The van der Waals surface area contributed by atoms with E-state index < -0.39 is 0 Å². The van der Waals surface area contributed by atoms with E-state index in [1.54, 1.807) is 18.5 Å². The van der Waals surface area contributed by atoms with Crippen LogP contribution in [0.1, 0.15) is 5.69 Å². The molecule has 0 aliphatic rings. The van der Waals surface area contributed by atoms with Gasteiger partial charge in [0.15, 0.2) is 0 Å². The smallest absolute Gasteiger partial charge is 0.136 e. The zero-order chi connectivity index (χ0) is 10.1. The molecule has 5 heteroatoms. The van der Waals surface area contributed by atoms with Gasteiger partial charge in [0.05, 0.1) is 10.0 Å². The average Bonchev–Trinajstić information content (AvgIpc) is 2.47. The maximum absolute atomic E-state index is 5.87. The fourth-order valence-electron chi connectivity index (χ4n) is 1.31. The summed E-state index contributed by atoms with van der Waals surface area (Å²) in [4.78, 5) is 4.65. The quantitative estimate of drug-likeness (QED) is 0.793. The zero-order valence-corrected chi connectivity index (χ0v) is 8.85. The molecule has 0 radical (unpaired) electrons. The highest BCUT2D eigenvalue weighted by molar-refractivity contribution is 7.80. The van der Waals surface area contributed by atoms with Gasteiger partial charge in [-0.25, -0.2) is 4.98 Å². The van der Waals surface area contributed by atoms with Crippen molar-refractivity contribution in [3.05, 3.63) is 35.2 Å². The number of thiocarbonyl (C=S) groups is 1. The molecule has 2 aromatic heterocycles. The van der Waals surface area contributed by atoms with E-state index in [-0.39, 0.29) is 0 Å². The number of hydrogen-bond donors (Lipinski definition) is 1. The fraction of sp³-hybridized carbons (Fsp3) is 0.111. The van der Waals surface area contributed by atoms with Gasteiger partial charge < -0.3 is 10.1 Å². The maximum Gasteiger partial charge on any atom is 0.136 e. The van der Waals surface area contributed by atoms with Crippen LogP contribution < -0.4 is 5.73 Å². The summed E-state index contributed by atoms with van der Waals surface area (Å²) in [5.41, 5.74) is 7.27. The van der Waals surface area contributed by atoms with E-state index in [0.717, 1.165) is 11.3 Å². The number of nitrogens with two attached hydrogens (primary N) is 1. The van der Waals surface area contributed by atoms with Gasteiger partial charge in [-0.3, -0.25) is 0 Å². The molecular weight excluding hydrogens is 218 g/mol. The molecule has 2 heterocycles. The molecule has 14 heavy (non-hydrogen) atoms. The van der Waals surface area contributed by atoms with Crippen LogP contribution >= 0.6 is 23.8 Å². The second kappa shape index (κ2) is 3.55. The number of fused-ring (bicyclic) bond motifs is 1. The molecule has 0 bridgehead atoms. The van der Waals surface area contributed by atoms with E-state index in [0.29, 0.717) is 16.4 Å². The van der Waals surface area contributed by atoms with Crippen LogP contribution in [0.5, 0.6) is 0 Å². The predicted octanol–water partition coefficient (Wildman–Crippen LogP) is 1.82. The lowest BCUT2D eigenvalue weighted by Crippen LogP contribution is -2.12. The SMILES string of the molecule is NC(=S)Cc1cnc2ccc(Cl)cn12. The number of imidazole rings is 1. The van der Waals surface area contributed by atoms with Crippen LogP contribution in [0, 0.1) is 0 Å². The van der Waals surface area contributed by atoms with E-state index in [4.69, 9.17) is 29.6 Å². The van der Waals surface area contributed by atoms with Crippen molar-refractivity contribution >= 4 is 34.5 Å². The summed E-state index contributed by atoms with van der Waals surface area (Å²) in [5.74, 6) is 0. The van der Waals surface area contributed by atoms with Gasteiger partial charge in [0.1, 0.15) is 5.65 Å². The summed E-state index contributed by atoms with van der Waals surface area (Å²) < 4.78 is 1.89. The van der Waals surface area contributed by atoms with Crippen molar-refractivity contribution in [3.8, 4) is 0 Å². The molecule has 0 saturated carbocycles. The number of aromatic nitrogens is 2. The molecule has 72 valence electrons. The Bertz CT molecular complexity index is 492. The third-order valence-electron chi connectivity index (χ3n) is 1.90. The van der Waals surface area contributed by atoms with E-state index in [1.165, 1.54) is 0 Å². The Balaban J connectivity index is 2.55. The third-order valence-corrected chi connectivity index (χ3v) is 2.27. The predicted molar refractivity (Wildman–Crippen MR) is 60.7 cm³/mol. The van der Waals surface area contributed by atoms with Gasteiger partial charge in [0.25, 0.3) is 0 Å². The summed E-state index contributed by atoms with van der Waals surface area (Å²) >= 11 is 10.7. The van der Waals surface area contributed by atoms with Crippen molar-refractivity contribution in [2.45, 2.75) is 6.42 Å². The van der Waals surface area contributed by atoms with Crippen molar-refractivity contribution in [1.82, 2.24) is 9.38 Å². The first kappa shape index (κ1) is 9.43. The van der Waals surface area contributed by atoms with Gasteiger partial charge in [0.2, 0.25) is 0 Å². The van der Waals surface area contributed by atoms with E-state index in [2.05, 4.69) is 4.98 Å². The molecule has 0 fully saturated rings. The van der Waals surface area contributed by atoms with Crippen molar-refractivity contribution in [1.29, 1.82) is 0 Å². The first-order valence-electron chi connectivity index (χ1n) is 4.06. The molecule has 0 aliphatic carbocycles. The minimum absolute atomic E-state index is 0.451. The minimum Gasteiger partial charge on any atom is -0.393 e. The molecule has 2 aromatic rings. The molecule has 0 unspecified atom stereocenters. The van der Waals surface area contributed by atoms with Crippen LogP contribution in [0.2, 0.25) is 5.02 Å². The van der Waals surface area contributed by atoms with Crippen LogP contribution in [0.25, 0.3) is 5.65 Å². The molecule has 0 aliphatic heterocycles. The summed E-state index contributed by atoms with van der Waals surface area (Å²) in [6.07, 6.45) is 4.10. The lowest BCUT2D eigenvalue weighted by Gasteiger charge is -2.00. The molecule has 3 nitrogen and oxygen atoms in total. The van der Waals surface area contributed by atoms with Gasteiger partial charge in [0, 0.05) is 24.5 Å². The van der Waals surface area contributed by atoms with Gasteiger partial charge in [-0.1, -0.05) is 23.8 Å². The van der Waals surface area contributed by atoms with E-state index >= 15 is 0 Å². The standard InChI is InChI=1S/C9H8ClN3S/c10-6-1-2-9-12-4-7(3-8(11)14)13(9)5-6/h1-2,4-5H,3H2,(H2,11,14). The number of hydrogen-bond acceptors (Lipinski definition) is 2. The van der Waals surface area contributed by atoms with Crippen LogP contribution in [0.15, 0.2) is 24.5 Å². The number of pyridine rings is 1. The third kappa shape index (κ3) is 1.71. The largest absolute Gasteiger partial charge is 0.393 e. The Morgan fingerprint density at radius 1 is 1.57 bits per heavy atom. The van der Waals surface area contributed by atoms with Crippen LogP contribution in [-0.4, -0.2) is 14.4 Å². The van der Waals surface area contributed by atoms with Gasteiger partial charge in [-0.2, -0.15) is 0 Å². The highest BCUT2D eigenvalue weighted by Crippen LogP contribution is 2.13. The van der Waals surface area contributed by atoms with Crippen molar-refractivity contribution in [2.75, 3.05) is 0 Å². The topological polar surface area (TPSA) is 43.3 Å². The second-order valence-electron chi connectivity index (χ2n) is 2.97. The summed E-state index contributed by atoms with van der Waals surface area (Å²) in [5, 5.41) is 0.666. The lowest BCUT2D eigenvalue weighted by atomic mass is 10.3. The number of halogens is 1. The van der Waals surface area contributed by atoms with Crippen LogP contribution in [0.4, 0.5) is 0 Å². The highest BCUT2D eigenvalue weighted by atomic mass is 35.5. The Hall–Kier alpha value is -1.13. The van der Waals surface area contributed by atoms with Crippen molar-refractivity contribution < 1.29 is 0 Å². The summed E-state index contributed by atoms with van der Waals surface area (Å²) in [6.45, 7) is 0. The maximum atomic E-state index is 5.87. The second-order valence-corrected chi connectivity index (χ2v) is 3.93. The molecule has 2 N–H and O–H groups in total. The molecule has 0 spiro atoms. The Morgan fingerprint density at radius 3 is 3.07 bits per heavy atom. The highest BCUT2D eigenvalue weighted by Gasteiger charge is 2.04. The Morgan fingerprint density at radius 2 is 2.36 bits per heavy atom. The average molecular weight is 226 g/mol. The minimum atomic E-state index is 0.451. The molecule has 0 amide bonds. The van der Waals surface area contributed by atoms with Crippen molar-refractivity contribution in [3.63, 3.8) is 0 Å². The summed E-state index contributed by atoms with van der Waals surface area (Å²) in [7, 11) is 0. The Labute approximate surface area is 91.5 Å². The van der Waals surface area contributed by atoms with E-state index in [1.807, 2.05) is 10.5 Å². The number of rotatable bonds is 2. The molecule has 0 aromatic carbocycles. The van der Waals surface area contributed by atoms with Gasteiger partial charge in [-0.15, -0.1) is 0 Å². The van der Waals surface area contributed by atoms with Gasteiger partial charge >= 0.3 is 0 Å². The monoisotopic (exact) mass is 225 g/mol. The van der Waals surface area contributed by atoms with Crippen LogP contribution in [-0.2, 0) is 6.42 Å². The molecular formula is C9H8ClN3S. The first-order chi connectivity index (χ1) is 6.66. The molecule has 2 rings (SSSR count). The van der Waals surface area contributed by atoms with Crippen LogP contribution in [0.3, 0.4) is 0 Å². The summed E-state index contributed by atoms with van der Waals surface area (Å²) in [6, 6.07) is 3.65. The zero-order valence-electron chi connectivity index (χ0n) is 7.27. The Kier molecular flexibility index (Phi) is 2.39. The fourth-order valence-corrected chi connectivity index (χ4v) is 1.62. The molecule has 0 saturated heterocycles. The lowest BCUT2D eigenvalue weighted by molar-refractivity contribution is 1.07. The normalized spacial score (nSPS) is 10.6. The number of nitrogens with zero attached hydrogens (tertiary/aromatic N) is 2.